The van der Waals surface area contributed by atoms with E-state index in [-0.39, 0.29) is 16.1 Å². The van der Waals surface area contributed by atoms with E-state index in [2.05, 4.69) is 4.72 Å². The van der Waals surface area contributed by atoms with Crippen LogP contribution < -0.4 is 10.5 Å². The van der Waals surface area contributed by atoms with Gasteiger partial charge in [-0.1, -0.05) is 19.3 Å². The number of hydrogen-bond donors (Lipinski definition) is 3. The van der Waals surface area contributed by atoms with Crippen molar-refractivity contribution in [2.45, 2.75) is 30.6 Å². The molecule has 1 fully saturated rings. The number of carboxylic acid groups (broad SMARTS) is 1. The predicted molar refractivity (Wildman–Crippen MR) is 75.0 cm³/mol. The summed E-state index contributed by atoms with van der Waals surface area (Å²) in [6.07, 6.45) is 4.38. The highest BCUT2D eigenvalue weighted by atomic mass is 32.2. The third-order valence-electron chi connectivity index (χ3n) is 3.62. The Morgan fingerprint density at radius 2 is 2.10 bits per heavy atom. The van der Waals surface area contributed by atoms with Crippen molar-refractivity contribution in [1.82, 2.24) is 4.72 Å². The van der Waals surface area contributed by atoms with Gasteiger partial charge in [-0.25, -0.2) is 17.9 Å². The molecule has 4 N–H and O–H groups in total. The maximum Gasteiger partial charge on any atom is 0.335 e. The molecule has 1 aliphatic rings. The van der Waals surface area contributed by atoms with Gasteiger partial charge in [0.2, 0.25) is 10.0 Å². The average Bonchev–Trinajstić information content (AvgIpc) is 2.31. The minimum Gasteiger partial charge on any atom is -0.478 e. The molecule has 0 unspecified atom stereocenters. The number of nitrogens with one attached hydrogen (secondary N) is 1. The highest BCUT2D eigenvalue weighted by Gasteiger charge is 2.21. The van der Waals surface area contributed by atoms with Gasteiger partial charge in [0.15, 0.2) is 0 Å². The minimum absolute atomic E-state index is 0.0316. The van der Waals surface area contributed by atoms with Gasteiger partial charge in [0.1, 0.15) is 4.90 Å². The molecule has 0 spiro atoms. The zero-order chi connectivity index (χ0) is 14.8. The largest absolute Gasteiger partial charge is 0.478 e. The third kappa shape index (κ3) is 3.29. The minimum atomic E-state index is -3.68. The monoisotopic (exact) mass is 298 g/mol. The molecule has 6 nitrogen and oxygen atoms in total. The number of anilines is 1. The van der Waals surface area contributed by atoms with Gasteiger partial charge >= 0.3 is 5.97 Å². The van der Waals surface area contributed by atoms with Gasteiger partial charge in [0, 0.05) is 6.54 Å². The molecule has 1 aliphatic carbocycles. The number of nitrogens with two attached hydrogens (primary N) is 1. The number of carbonyl (C=O) groups is 1. The molecule has 1 saturated carbocycles. The van der Waals surface area contributed by atoms with Crippen LogP contribution in [0.25, 0.3) is 0 Å². The Kier molecular flexibility index (Phi) is 4.29. The van der Waals surface area contributed by atoms with E-state index in [1.807, 2.05) is 0 Å². The van der Waals surface area contributed by atoms with E-state index >= 15 is 0 Å². The van der Waals surface area contributed by atoms with Crippen molar-refractivity contribution in [2.75, 3.05) is 12.3 Å². The lowest BCUT2D eigenvalue weighted by Crippen LogP contribution is -2.28. The Hall–Kier alpha value is -1.60. The van der Waals surface area contributed by atoms with Crippen molar-refractivity contribution in [3.8, 4) is 0 Å². The fourth-order valence-corrected chi connectivity index (χ4v) is 3.34. The summed E-state index contributed by atoms with van der Waals surface area (Å²) in [5.74, 6) is -0.525. The van der Waals surface area contributed by atoms with E-state index in [9.17, 15) is 13.2 Å². The van der Waals surface area contributed by atoms with Gasteiger partial charge in [-0.2, -0.15) is 0 Å². The van der Waals surface area contributed by atoms with Crippen LogP contribution in [0.2, 0.25) is 0 Å². The van der Waals surface area contributed by atoms with E-state index in [0.29, 0.717) is 12.5 Å². The Morgan fingerprint density at radius 1 is 1.40 bits per heavy atom. The number of aromatic carboxylic acids is 1. The van der Waals surface area contributed by atoms with Crippen molar-refractivity contribution in [2.24, 2.45) is 5.92 Å². The summed E-state index contributed by atoms with van der Waals surface area (Å²) in [5.41, 5.74) is 5.55. The van der Waals surface area contributed by atoms with Crippen molar-refractivity contribution in [3.05, 3.63) is 23.8 Å². The number of rotatable bonds is 6. The van der Waals surface area contributed by atoms with Crippen LogP contribution in [0, 0.1) is 5.92 Å². The molecule has 0 bridgehead atoms. The molecule has 7 heteroatoms. The van der Waals surface area contributed by atoms with Crippen molar-refractivity contribution >= 4 is 21.7 Å². The highest BCUT2D eigenvalue weighted by Crippen LogP contribution is 2.29. The molecule has 0 saturated heterocycles. The van der Waals surface area contributed by atoms with E-state index in [1.165, 1.54) is 18.6 Å². The van der Waals surface area contributed by atoms with Crippen LogP contribution >= 0.6 is 0 Å². The molecule has 20 heavy (non-hydrogen) atoms. The zero-order valence-electron chi connectivity index (χ0n) is 11.0. The quantitative estimate of drug-likeness (QED) is 0.688. The van der Waals surface area contributed by atoms with Gasteiger partial charge < -0.3 is 10.8 Å². The fourth-order valence-electron chi connectivity index (χ4n) is 2.18. The van der Waals surface area contributed by atoms with Gasteiger partial charge in [-0.3, -0.25) is 0 Å². The van der Waals surface area contributed by atoms with Crippen LogP contribution in [0.15, 0.2) is 23.1 Å². The first-order valence-corrected chi connectivity index (χ1v) is 8.01. The standard InChI is InChI=1S/C13H18N2O4S/c14-11-8-10(13(16)17)4-5-12(11)20(18,19)15-7-6-9-2-1-3-9/h4-5,8-9,15H,1-3,6-7,14H2,(H,16,17). The molecular weight excluding hydrogens is 280 g/mol. The first-order valence-electron chi connectivity index (χ1n) is 6.52. The summed E-state index contributed by atoms with van der Waals surface area (Å²) >= 11 is 0. The van der Waals surface area contributed by atoms with Crippen LogP contribution in [0.4, 0.5) is 5.69 Å². The lowest BCUT2D eigenvalue weighted by Gasteiger charge is -2.25. The van der Waals surface area contributed by atoms with Crippen molar-refractivity contribution < 1.29 is 18.3 Å². The zero-order valence-corrected chi connectivity index (χ0v) is 11.8. The van der Waals surface area contributed by atoms with Gasteiger partial charge in [-0.05, 0) is 30.5 Å². The molecular formula is C13H18N2O4S. The topological polar surface area (TPSA) is 109 Å². The SMILES string of the molecule is Nc1cc(C(=O)O)ccc1S(=O)(=O)NCCC1CCC1. The average molecular weight is 298 g/mol. The van der Waals surface area contributed by atoms with E-state index in [1.54, 1.807) is 0 Å². The van der Waals surface area contributed by atoms with Crippen molar-refractivity contribution in [1.29, 1.82) is 0 Å². The van der Waals surface area contributed by atoms with Crippen LogP contribution in [0.5, 0.6) is 0 Å². The van der Waals surface area contributed by atoms with Crippen LogP contribution in [-0.4, -0.2) is 26.0 Å². The number of hydrogen-bond acceptors (Lipinski definition) is 4. The number of carboxylic acids is 1. The lowest BCUT2D eigenvalue weighted by atomic mass is 9.83. The summed E-state index contributed by atoms with van der Waals surface area (Å²) in [6.45, 7) is 0.382. The van der Waals surface area contributed by atoms with Gasteiger partial charge in [0.05, 0.1) is 11.3 Å². The Morgan fingerprint density at radius 3 is 2.60 bits per heavy atom. The summed E-state index contributed by atoms with van der Waals surface area (Å²) in [6, 6.07) is 3.62. The molecule has 110 valence electrons. The lowest BCUT2D eigenvalue weighted by molar-refractivity contribution is 0.0697. The van der Waals surface area contributed by atoms with E-state index in [0.717, 1.165) is 25.3 Å². The summed E-state index contributed by atoms with van der Waals surface area (Å²) in [5, 5.41) is 8.82. The van der Waals surface area contributed by atoms with E-state index in [4.69, 9.17) is 10.8 Å². The summed E-state index contributed by atoms with van der Waals surface area (Å²) in [4.78, 5) is 10.7. The maximum atomic E-state index is 12.1. The molecule has 0 amide bonds. The second kappa shape index (κ2) is 5.80. The molecule has 0 radical (unpaired) electrons. The van der Waals surface area contributed by atoms with Gasteiger partial charge in [-0.15, -0.1) is 0 Å². The molecule has 2 rings (SSSR count). The molecule has 1 aromatic carbocycles. The first-order chi connectivity index (χ1) is 9.40. The molecule has 0 heterocycles. The van der Waals surface area contributed by atoms with Gasteiger partial charge in [0.25, 0.3) is 0 Å². The molecule has 0 aromatic heterocycles. The second-order valence-corrected chi connectivity index (χ2v) is 6.78. The first kappa shape index (κ1) is 14.8. The molecule has 1 aromatic rings. The number of sulfonamides is 1. The predicted octanol–water partition coefficient (Wildman–Crippen LogP) is 1.44. The second-order valence-electron chi connectivity index (χ2n) is 5.04. The molecule has 0 aliphatic heterocycles. The highest BCUT2D eigenvalue weighted by molar-refractivity contribution is 7.89. The third-order valence-corrected chi connectivity index (χ3v) is 5.15. The Labute approximate surface area is 118 Å². The normalized spacial score (nSPS) is 15.8. The van der Waals surface area contributed by atoms with Crippen LogP contribution in [-0.2, 0) is 10.0 Å². The summed E-state index contributed by atoms with van der Waals surface area (Å²) in [7, 11) is -3.68. The molecule has 0 atom stereocenters. The Balaban J connectivity index is 2.06. The summed E-state index contributed by atoms with van der Waals surface area (Å²) < 4.78 is 26.7. The number of nitrogen functional groups attached to an aromatic ring is 1. The Bertz CT molecular complexity index is 609. The fraction of sp³-hybridized carbons (Fsp3) is 0.462. The smallest absolute Gasteiger partial charge is 0.335 e. The van der Waals surface area contributed by atoms with Crippen LogP contribution in [0.1, 0.15) is 36.0 Å². The van der Waals surface area contributed by atoms with Crippen LogP contribution in [0.3, 0.4) is 0 Å². The maximum absolute atomic E-state index is 12.1. The number of benzene rings is 1. The van der Waals surface area contributed by atoms with E-state index < -0.39 is 16.0 Å². The van der Waals surface area contributed by atoms with Crippen molar-refractivity contribution in [3.63, 3.8) is 0 Å².